The van der Waals surface area contributed by atoms with Crippen LogP contribution < -0.4 is 4.72 Å². The predicted octanol–water partition coefficient (Wildman–Crippen LogP) is 3.66. The van der Waals surface area contributed by atoms with Crippen molar-refractivity contribution in [2.45, 2.75) is 43.7 Å². The second-order valence-electron chi connectivity index (χ2n) is 7.77. The fraction of sp³-hybridized carbons (Fsp3) is 0.429. The molecule has 0 aliphatic carbocycles. The summed E-state index contributed by atoms with van der Waals surface area (Å²) >= 11 is 11.9. The van der Waals surface area contributed by atoms with Gasteiger partial charge < -0.3 is 9.47 Å². The van der Waals surface area contributed by atoms with Crippen molar-refractivity contribution in [3.63, 3.8) is 0 Å². The first-order valence-electron chi connectivity index (χ1n) is 10.0. The molecule has 7 nitrogen and oxygen atoms in total. The molecule has 1 aliphatic rings. The molecule has 0 spiro atoms. The maximum absolute atomic E-state index is 13.2. The van der Waals surface area contributed by atoms with Gasteiger partial charge in [0.15, 0.2) is 0 Å². The molecule has 0 bridgehead atoms. The highest BCUT2D eigenvalue weighted by Gasteiger charge is 2.31. The van der Waals surface area contributed by atoms with Gasteiger partial charge in [-0.3, -0.25) is 4.79 Å². The normalized spacial score (nSPS) is 16.1. The van der Waals surface area contributed by atoms with Gasteiger partial charge in [-0.05, 0) is 55.5 Å². The number of carbonyl (C=O) groups excluding carboxylic acids is 1. The molecule has 1 amide bonds. The maximum atomic E-state index is 13.2. The van der Waals surface area contributed by atoms with Gasteiger partial charge in [0.25, 0.3) is 0 Å². The Morgan fingerprint density at radius 1 is 1.26 bits per heavy atom. The number of hydrogen-bond acceptors (Lipinski definition) is 4. The number of aryl methyl sites for hydroxylation is 1. The Kier molecular flexibility index (Phi) is 7.65. The van der Waals surface area contributed by atoms with Crippen LogP contribution in [0.2, 0.25) is 10.0 Å². The van der Waals surface area contributed by atoms with Gasteiger partial charge in [0.2, 0.25) is 15.9 Å². The van der Waals surface area contributed by atoms with Gasteiger partial charge in [-0.1, -0.05) is 30.1 Å². The Labute approximate surface area is 192 Å². The summed E-state index contributed by atoms with van der Waals surface area (Å²) in [6.45, 7) is 3.64. The summed E-state index contributed by atoms with van der Waals surface area (Å²) in [5, 5.41) is 9.59. The molecule has 2 aromatic rings. The van der Waals surface area contributed by atoms with Crippen LogP contribution in [-0.2, 0) is 21.4 Å². The Morgan fingerprint density at radius 2 is 1.90 bits per heavy atom. The third kappa shape index (κ3) is 6.01. The number of sulfonamides is 1. The Balaban J connectivity index is 1.83. The summed E-state index contributed by atoms with van der Waals surface area (Å²) in [5.41, 5.74) is 0.447. The van der Waals surface area contributed by atoms with E-state index in [-0.39, 0.29) is 27.3 Å². The topological polar surface area (TPSA) is 95.2 Å². The first-order valence-corrected chi connectivity index (χ1v) is 12.3. The number of piperidine rings is 1. The lowest BCUT2D eigenvalue weighted by Gasteiger charge is -2.33. The average molecular weight is 483 g/mol. The van der Waals surface area contributed by atoms with Crippen LogP contribution in [0.4, 0.5) is 0 Å². The molecule has 1 unspecified atom stereocenters. The zero-order valence-electron chi connectivity index (χ0n) is 17.1. The molecule has 2 heterocycles. The number of halogens is 2. The van der Waals surface area contributed by atoms with E-state index in [9.17, 15) is 18.5 Å². The second kappa shape index (κ2) is 10.0. The first kappa shape index (κ1) is 23.6. The number of likely N-dealkylation sites (tertiary alicyclic amines) is 1. The Hall–Kier alpha value is -2.05. The number of carbonyl (C=O) groups is 1. The summed E-state index contributed by atoms with van der Waals surface area (Å²) in [6, 6.07) is 8.53. The molecule has 166 valence electrons. The molecule has 31 heavy (non-hydrogen) atoms. The highest BCUT2D eigenvalue weighted by Crippen LogP contribution is 2.23. The van der Waals surface area contributed by atoms with Crippen LogP contribution >= 0.6 is 23.2 Å². The van der Waals surface area contributed by atoms with Gasteiger partial charge in [-0.25, -0.2) is 8.42 Å². The maximum Gasteiger partial charge on any atom is 0.241 e. The lowest BCUT2D eigenvalue weighted by atomic mass is 9.98. The van der Waals surface area contributed by atoms with Crippen LogP contribution in [0.5, 0.6) is 0 Å². The van der Waals surface area contributed by atoms with E-state index < -0.39 is 16.1 Å². The van der Waals surface area contributed by atoms with Gasteiger partial charge >= 0.3 is 0 Å². The van der Waals surface area contributed by atoms with Crippen LogP contribution in [-0.4, -0.2) is 42.9 Å². The van der Waals surface area contributed by atoms with Crippen molar-refractivity contribution in [3.05, 3.63) is 52.3 Å². The van der Waals surface area contributed by atoms with E-state index in [2.05, 4.69) is 17.7 Å². The van der Waals surface area contributed by atoms with Crippen molar-refractivity contribution < 1.29 is 13.2 Å². The van der Waals surface area contributed by atoms with E-state index in [1.54, 1.807) is 27.8 Å². The number of nitriles is 1. The van der Waals surface area contributed by atoms with Gasteiger partial charge in [0.05, 0.1) is 4.90 Å². The third-order valence-corrected chi connectivity index (χ3v) is 7.33. The fourth-order valence-electron chi connectivity index (χ4n) is 3.60. The molecule has 1 atom stereocenters. The molecule has 0 saturated carbocycles. The minimum Gasteiger partial charge on any atom is -0.341 e. The smallest absolute Gasteiger partial charge is 0.241 e. The number of nitrogens with zero attached hydrogens (tertiary/aromatic N) is 3. The molecule has 3 rings (SSSR count). The summed E-state index contributed by atoms with van der Waals surface area (Å²) < 4.78 is 30.3. The number of amides is 1. The SMILES string of the molecule is CC1CCN(C(=O)C(CCn2cccc2C#N)NS(=O)(=O)c2cc(Cl)cc(Cl)c2)CC1. The molecule has 1 N–H and O–H groups in total. The Morgan fingerprint density at radius 3 is 2.52 bits per heavy atom. The van der Waals surface area contributed by atoms with E-state index in [1.165, 1.54) is 18.2 Å². The quantitative estimate of drug-likeness (QED) is 0.650. The lowest BCUT2D eigenvalue weighted by molar-refractivity contribution is -0.134. The van der Waals surface area contributed by atoms with E-state index in [0.29, 0.717) is 31.2 Å². The summed E-state index contributed by atoms with van der Waals surface area (Å²) in [6.07, 6.45) is 3.69. The highest BCUT2D eigenvalue weighted by molar-refractivity contribution is 7.89. The minimum atomic E-state index is -4.05. The van der Waals surface area contributed by atoms with Crippen molar-refractivity contribution in [3.8, 4) is 6.07 Å². The van der Waals surface area contributed by atoms with Gasteiger partial charge in [0, 0.05) is 35.9 Å². The molecule has 1 aromatic carbocycles. The number of hydrogen-bond donors (Lipinski definition) is 1. The van der Waals surface area contributed by atoms with Crippen LogP contribution in [0.15, 0.2) is 41.4 Å². The Bertz CT molecular complexity index is 1070. The number of aromatic nitrogens is 1. The van der Waals surface area contributed by atoms with Crippen molar-refractivity contribution in [1.29, 1.82) is 5.26 Å². The zero-order chi connectivity index (χ0) is 22.6. The van der Waals surface area contributed by atoms with Gasteiger partial charge in [0.1, 0.15) is 17.8 Å². The van der Waals surface area contributed by atoms with Crippen molar-refractivity contribution in [2.24, 2.45) is 5.92 Å². The van der Waals surface area contributed by atoms with Crippen molar-refractivity contribution in [1.82, 2.24) is 14.2 Å². The summed E-state index contributed by atoms with van der Waals surface area (Å²) in [5.74, 6) is 0.264. The van der Waals surface area contributed by atoms with Gasteiger partial charge in [-0.2, -0.15) is 9.98 Å². The van der Waals surface area contributed by atoms with Crippen molar-refractivity contribution in [2.75, 3.05) is 13.1 Å². The van der Waals surface area contributed by atoms with Gasteiger partial charge in [-0.15, -0.1) is 0 Å². The molecule has 10 heteroatoms. The second-order valence-corrected chi connectivity index (χ2v) is 10.4. The molecule has 1 fully saturated rings. The first-order chi connectivity index (χ1) is 14.7. The third-order valence-electron chi connectivity index (χ3n) is 5.44. The molecule has 1 aromatic heterocycles. The fourth-order valence-corrected chi connectivity index (χ4v) is 5.55. The predicted molar refractivity (Wildman–Crippen MR) is 119 cm³/mol. The highest BCUT2D eigenvalue weighted by atomic mass is 35.5. The summed E-state index contributed by atoms with van der Waals surface area (Å²) in [4.78, 5) is 14.8. The molecule has 1 saturated heterocycles. The average Bonchev–Trinajstić information content (AvgIpc) is 3.18. The molecule has 0 radical (unpaired) electrons. The van der Waals surface area contributed by atoms with E-state index in [1.807, 2.05) is 0 Å². The number of rotatable bonds is 7. The largest absolute Gasteiger partial charge is 0.341 e. The number of benzene rings is 1. The monoisotopic (exact) mass is 482 g/mol. The number of nitrogens with one attached hydrogen (secondary N) is 1. The molecule has 1 aliphatic heterocycles. The minimum absolute atomic E-state index is 0.103. The van der Waals surface area contributed by atoms with Crippen LogP contribution in [0.1, 0.15) is 31.9 Å². The standard InChI is InChI=1S/C21H24Cl2N4O3S/c1-15-4-8-27(9-5-15)21(28)20(6-10-26-7-2-3-18(26)14-24)25-31(29,30)19-12-16(22)11-17(23)13-19/h2-3,7,11-13,15,20,25H,4-6,8-10H2,1H3. The summed E-state index contributed by atoms with van der Waals surface area (Å²) in [7, 11) is -4.05. The van der Waals surface area contributed by atoms with Crippen LogP contribution in [0.3, 0.4) is 0 Å². The van der Waals surface area contributed by atoms with Crippen LogP contribution in [0.25, 0.3) is 0 Å². The molecular weight excluding hydrogens is 459 g/mol. The van der Waals surface area contributed by atoms with E-state index >= 15 is 0 Å². The lowest BCUT2D eigenvalue weighted by Crippen LogP contribution is -2.50. The van der Waals surface area contributed by atoms with Crippen LogP contribution in [0, 0.1) is 17.2 Å². The van der Waals surface area contributed by atoms with E-state index in [0.717, 1.165) is 12.8 Å². The zero-order valence-corrected chi connectivity index (χ0v) is 19.4. The van der Waals surface area contributed by atoms with E-state index in [4.69, 9.17) is 23.2 Å². The molecular formula is C21H24Cl2N4O3S. The van der Waals surface area contributed by atoms with Crippen molar-refractivity contribution >= 4 is 39.1 Å².